The highest BCUT2D eigenvalue weighted by molar-refractivity contribution is 9.10. The maximum Gasteiger partial charge on any atom is 0.231 e. The van der Waals surface area contributed by atoms with Gasteiger partial charge in [-0.25, -0.2) is 4.98 Å². The van der Waals surface area contributed by atoms with Gasteiger partial charge < -0.3 is 19.6 Å². The van der Waals surface area contributed by atoms with Crippen LogP contribution in [0.5, 0.6) is 11.5 Å². The Balaban J connectivity index is 1.97. The summed E-state index contributed by atoms with van der Waals surface area (Å²) in [5, 5.41) is 8.95. The summed E-state index contributed by atoms with van der Waals surface area (Å²) in [6.45, 7) is 0.345. The standard InChI is InChI=1S/C12H11BrN2O3/c13-11-8(3-4-16)14-12(15-11)7-1-2-9-10(5-7)18-6-17-9/h1-2,5,16H,3-4,6H2,(H,14,15). The molecule has 0 unspecified atom stereocenters. The zero-order valence-corrected chi connectivity index (χ0v) is 11.0. The Morgan fingerprint density at radius 2 is 2.17 bits per heavy atom. The molecule has 0 saturated carbocycles. The molecule has 0 spiro atoms. The van der Waals surface area contributed by atoms with Gasteiger partial charge >= 0.3 is 0 Å². The molecule has 2 aromatic rings. The van der Waals surface area contributed by atoms with Crippen molar-refractivity contribution >= 4 is 15.9 Å². The number of rotatable bonds is 3. The number of aromatic amines is 1. The predicted molar refractivity (Wildman–Crippen MR) is 68.6 cm³/mol. The van der Waals surface area contributed by atoms with Crippen molar-refractivity contribution in [3.63, 3.8) is 0 Å². The van der Waals surface area contributed by atoms with Crippen LogP contribution in [0.15, 0.2) is 22.8 Å². The van der Waals surface area contributed by atoms with E-state index in [-0.39, 0.29) is 13.4 Å². The Labute approximate surface area is 112 Å². The predicted octanol–water partition coefficient (Wildman–Crippen LogP) is 2.10. The van der Waals surface area contributed by atoms with Crippen LogP contribution < -0.4 is 9.47 Å². The molecule has 0 bridgehead atoms. The molecule has 6 heteroatoms. The van der Waals surface area contributed by atoms with Crippen molar-refractivity contribution in [1.82, 2.24) is 9.97 Å². The summed E-state index contributed by atoms with van der Waals surface area (Å²) in [5.74, 6) is 2.22. The first-order valence-electron chi connectivity index (χ1n) is 5.53. The lowest BCUT2D eigenvalue weighted by molar-refractivity contribution is 0.174. The quantitative estimate of drug-likeness (QED) is 0.911. The maximum absolute atomic E-state index is 8.95. The molecule has 2 N–H and O–H groups in total. The summed E-state index contributed by atoms with van der Waals surface area (Å²) in [4.78, 5) is 7.55. The highest BCUT2D eigenvalue weighted by Gasteiger charge is 2.16. The van der Waals surface area contributed by atoms with E-state index >= 15 is 0 Å². The molecule has 94 valence electrons. The zero-order chi connectivity index (χ0) is 12.5. The number of benzene rings is 1. The molecule has 0 atom stereocenters. The minimum Gasteiger partial charge on any atom is -0.454 e. The number of nitrogens with one attached hydrogen (secondary N) is 1. The fourth-order valence-corrected chi connectivity index (χ4v) is 2.32. The third-order valence-corrected chi connectivity index (χ3v) is 3.39. The normalized spacial score (nSPS) is 13.0. The summed E-state index contributed by atoms with van der Waals surface area (Å²) in [5.41, 5.74) is 1.80. The van der Waals surface area contributed by atoms with Gasteiger partial charge in [0.05, 0.1) is 5.69 Å². The molecular weight excluding hydrogens is 300 g/mol. The van der Waals surface area contributed by atoms with E-state index in [2.05, 4.69) is 25.9 Å². The number of aliphatic hydroxyl groups excluding tert-OH is 1. The molecule has 3 rings (SSSR count). The number of hydrogen-bond acceptors (Lipinski definition) is 4. The van der Waals surface area contributed by atoms with Crippen LogP contribution >= 0.6 is 15.9 Å². The van der Waals surface area contributed by atoms with Crippen molar-refractivity contribution in [2.45, 2.75) is 6.42 Å². The number of ether oxygens (including phenoxy) is 2. The Morgan fingerprint density at radius 3 is 3.00 bits per heavy atom. The minimum atomic E-state index is 0.0847. The molecule has 1 aromatic heterocycles. The second-order valence-electron chi connectivity index (χ2n) is 3.90. The second kappa shape index (κ2) is 4.62. The van der Waals surface area contributed by atoms with Gasteiger partial charge in [-0.3, -0.25) is 0 Å². The van der Waals surface area contributed by atoms with E-state index in [9.17, 15) is 0 Å². The van der Waals surface area contributed by atoms with Gasteiger partial charge in [0.1, 0.15) is 10.4 Å². The minimum absolute atomic E-state index is 0.0847. The van der Waals surface area contributed by atoms with Crippen molar-refractivity contribution in [3.05, 3.63) is 28.5 Å². The Kier molecular flexibility index (Phi) is 2.97. The van der Waals surface area contributed by atoms with Crippen LogP contribution in [0.25, 0.3) is 11.4 Å². The van der Waals surface area contributed by atoms with Crippen LogP contribution in [0.3, 0.4) is 0 Å². The molecule has 0 amide bonds. The third kappa shape index (κ3) is 1.97. The molecule has 1 aliphatic rings. The zero-order valence-electron chi connectivity index (χ0n) is 9.44. The van der Waals surface area contributed by atoms with E-state index in [1.807, 2.05) is 18.2 Å². The first kappa shape index (κ1) is 11.6. The number of H-pyrrole nitrogens is 1. The summed E-state index contributed by atoms with van der Waals surface area (Å²) >= 11 is 3.37. The first-order valence-corrected chi connectivity index (χ1v) is 6.32. The summed E-state index contributed by atoms with van der Waals surface area (Å²) in [7, 11) is 0. The second-order valence-corrected chi connectivity index (χ2v) is 4.65. The van der Waals surface area contributed by atoms with Crippen molar-refractivity contribution in [3.8, 4) is 22.9 Å². The number of aromatic nitrogens is 2. The topological polar surface area (TPSA) is 67.4 Å². The molecule has 1 aromatic carbocycles. The number of fused-ring (bicyclic) bond motifs is 1. The van der Waals surface area contributed by atoms with E-state index in [1.54, 1.807) is 0 Å². The van der Waals surface area contributed by atoms with E-state index < -0.39 is 0 Å². The maximum atomic E-state index is 8.95. The Hall–Kier alpha value is -1.53. The molecule has 2 heterocycles. The molecule has 0 saturated heterocycles. The smallest absolute Gasteiger partial charge is 0.231 e. The number of aliphatic hydroxyl groups is 1. The van der Waals surface area contributed by atoms with Crippen LogP contribution in [0, 0.1) is 0 Å². The van der Waals surface area contributed by atoms with Crippen LogP contribution in [-0.4, -0.2) is 28.5 Å². The Morgan fingerprint density at radius 1 is 1.33 bits per heavy atom. The van der Waals surface area contributed by atoms with Crippen molar-refractivity contribution in [1.29, 1.82) is 0 Å². The van der Waals surface area contributed by atoms with Gasteiger partial charge in [-0.1, -0.05) is 0 Å². The molecule has 5 nitrogen and oxygen atoms in total. The molecule has 1 aliphatic heterocycles. The molecule has 18 heavy (non-hydrogen) atoms. The van der Waals surface area contributed by atoms with Gasteiger partial charge in [-0.05, 0) is 34.1 Å². The van der Waals surface area contributed by atoms with Crippen LogP contribution in [0.4, 0.5) is 0 Å². The number of imidazole rings is 1. The summed E-state index contributed by atoms with van der Waals surface area (Å²) in [6, 6.07) is 5.66. The summed E-state index contributed by atoms with van der Waals surface area (Å²) < 4.78 is 11.3. The van der Waals surface area contributed by atoms with Crippen molar-refractivity contribution in [2.24, 2.45) is 0 Å². The lowest BCUT2D eigenvalue weighted by Gasteiger charge is -1.99. The van der Waals surface area contributed by atoms with Crippen molar-refractivity contribution < 1.29 is 14.6 Å². The van der Waals surface area contributed by atoms with Gasteiger partial charge in [0.15, 0.2) is 11.5 Å². The fraction of sp³-hybridized carbons (Fsp3) is 0.250. The molecule has 0 radical (unpaired) electrons. The average Bonchev–Trinajstić information content (AvgIpc) is 2.96. The fourth-order valence-electron chi connectivity index (χ4n) is 1.85. The van der Waals surface area contributed by atoms with Gasteiger partial charge in [-0.2, -0.15) is 0 Å². The largest absolute Gasteiger partial charge is 0.454 e. The number of nitrogens with zero attached hydrogens (tertiary/aromatic N) is 1. The SMILES string of the molecule is OCCc1[nH]c(-c2ccc3c(c2)OCO3)nc1Br. The number of halogens is 1. The van der Waals surface area contributed by atoms with Crippen LogP contribution in [0.1, 0.15) is 5.69 Å². The number of hydrogen-bond donors (Lipinski definition) is 2. The van der Waals surface area contributed by atoms with Crippen LogP contribution in [0.2, 0.25) is 0 Å². The lowest BCUT2D eigenvalue weighted by atomic mass is 10.2. The van der Waals surface area contributed by atoms with E-state index in [1.165, 1.54) is 0 Å². The van der Waals surface area contributed by atoms with E-state index in [0.717, 1.165) is 33.2 Å². The summed E-state index contributed by atoms with van der Waals surface area (Å²) in [6.07, 6.45) is 0.540. The molecule has 0 fully saturated rings. The molecular formula is C12H11BrN2O3. The lowest BCUT2D eigenvalue weighted by Crippen LogP contribution is -1.92. The molecule has 0 aliphatic carbocycles. The Bertz CT molecular complexity index is 583. The van der Waals surface area contributed by atoms with Crippen LogP contribution in [-0.2, 0) is 6.42 Å². The van der Waals surface area contributed by atoms with Gasteiger partial charge in [-0.15, -0.1) is 0 Å². The monoisotopic (exact) mass is 310 g/mol. The first-order chi connectivity index (χ1) is 8.78. The van der Waals surface area contributed by atoms with Gasteiger partial charge in [0, 0.05) is 18.6 Å². The van der Waals surface area contributed by atoms with E-state index in [0.29, 0.717) is 6.42 Å². The highest BCUT2D eigenvalue weighted by atomic mass is 79.9. The van der Waals surface area contributed by atoms with Gasteiger partial charge in [0.2, 0.25) is 6.79 Å². The average molecular weight is 311 g/mol. The van der Waals surface area contributed by atoms with Crippen molar-refractivity contribution in [2.75, 3.05) is 13.4 Å². The van der Waals surface area contributed by atoms with Gasteiger partial charge in [0.25, 0.3) is 0 Å². The third-order valence-electron chi connectivity index (χ3n) is 2.74. The van der Waals surface area contributed by atoms with E-state index in [4.69, 9.17) is 14.6 Å². The highest BCUT2D eigenvalue weighted by Crippen LogP contribution is 2.35.